The molecule has 22 heavy (non-hydrogen) atoms. The van der Waals surface area contributed by atoms with Gasteiger partial charge in [0.2, 0.25) is 0 Å². The summed E-state index contributed by atoms with van der Waals surface area (Å²) >= 11 is 1.56. The van der Waals surface area contributed by atoms with Crippen LogP contribution in [0, 0.1) is 5.92 Å². The summed E-state index contributed by atoms with van der Waals surface area (Å²) in [6.07, 6.45) is 3.01. The summed E-state index contributed by atoms with van der Waals surface area (Å²) in [5, 5.41) is 10.1. The van der Waals surface area contributed by atoms with E-state index in [1.807, 2.05) is 6.20 Å². The zero-order valence-electron chi connectivity index (χ0n) is 12.2. The van der Waals surface area contributed by atoms with Gasteiger partial charge in [0, 0.05) is 43.1 Å². The molecule has 8 heteroatoms. The summed E-state index contributed by atoms with van der Waals surface area (Å²) in [7, 11) is 0. The maximum absolute atomic E-state index is 12.2. The van der Waals surface area contributed by atoms with Gasteiger partial charge in [0.1, 0.15) is 11.8 Å². The average Bonchev–Trinajstić information content (AvgIpc) is 3.05. The van der Waals surface area contributed by atoms with E-state index in [1.165, 1.54) is 6.33 Å². The third kappa shape index (κ3) is 3.18. The molecule has 0 aliphatic carbocycles. The molecule has 6 nitrogen and oxygen atoms in total. The number of aromatic amines is 1. The Morgan fingerprint density at radius 1 is 1.45 bits per heavy atom. The second-order valence-electron chi connectivity index (χ2n) is 5.58. The molecule has 0 unspecified atom stereocenters. The molecule has 2 atom stereocenters. The number of H-pyrrole nitrogens is 1. The summed E-state index contributed by atoms with van der Waals surface area (Å²) in [4.78, 5) is 13.6. The van der Waals surface area contributed by atoms with Gasteiger partial charge >= 0.3 is 0 Å². The van der Waals surface area contributed by atoms with Crippen molar-refractivity contribution in [2.45, 2.75) is 12.6 Å². The Morgan fingerprint density at radius 3 is 3.14 bits per heavy atom. The van der Waals surface area contributed by atoms with Crippen LogP contribution < -0.4 is 5.73 Å². The number of nitrogens with two attached hydrogens (primary N) is 1. The minimum absolute atomic E-state index is 0.196. The molecule has 0 bridgehead atoms. The predicted octanol–water partition coefficient (Wildman–Crippen LogP) is 1.04. The van der Waals surface area contributed by atoms with Gasteiger partial charge in [-0.2, -0.15) is 11.8 Å². The Morgan fingerprint density at radius 2 is 2.32 bits per heavy atom. The smallest absolute Gasteiger partial charge is 0.151 e. The van der Waals surface area contributed by atoms with Crippen molar-refractivity contribution in [3.63, 3.8) is 0 Å². The second kappa shape index (κ2) is 6.80. The number of nitrogen functional groups attached to an aromatic ring is 1. The number of alkyl halides is 1. The number of halogens is 1. The molecule has 2 aromatic heterocycles. The number of thioether (sulfide) groups is 1. The number of fused-ring (bicyclic) bond motifs is 1. The topological polar surface area (TPSA) is 91.1 Å². The third-order valence-electron chi connectivity index (χ3n) is 4.00. The first-order valence-corrected chi connectivity index (χ1v) is 8.45. The molecule has 1 aliphatic heterocycles. The van der Waals surface area contributed by atoms with Crippen LogP contribution in [-0.4, -0.2) is 62.3 Å². The summed E-state index contributed by atoms with van der Waals surface area (Å²) in [5.74, 6) is 1.94. The molecule has 3 heterocycles. The zero-order valence-corrected chi connectivity index (χ0v) is 13.0. The minimum atomic E-state index is -0.350. The van der Waals surface area contributed by atoms with Gasteiger partial charge in [0.15, 0.2) is 5.82 Å². The molecule has 4 N–H and O–H groups in total. The Labute approximate surface area is 132 Å². The van der Waals surface area contributed by atoms with Gasteiger partial charge in [-0.1, -0.05) is 0 Å². The van der Waals surface area contributed by atoms with Crippen LogP contribution in [0.15, 0.2) is 12.5 Å². The van der Waals surface area contributed by atoms with E-state index in [9.17, 15) is 9.50 Å². The van der Waals surface area contributed by atoms with Crippen molar-refractivity contribution in [3.05, 3.63) is 18.1 Å². The summed E-state index contributed by atoms with van der Waals surface area (Å²) in [5.41, 5.74) is 8.46. The van der Waals surface area contributed by atoms with Gasteiger partial charge in [-0.3, -0.25) is 9.29 Å². The van der Waals surface area contributed by atoms with Crippen LogP contribution in [0.4, 0.5) is 10.2 Å². The highest BCUT2D eigenvalue weighted by atomic mass is 32.2. The number of hydrogen-bond acceptors (Lipinski definition) is 6. The number of nitrogens with one attached hydrogen (secondary N) is 1. The number of likely N-dealkylation sites (tertiary alicyclic amines) is 1. The SMILES string of the molecule is Nc1ncnc2c(CN3C[C@@H](CSCCF)[C@H](O)C3)c[nH]c12. The van der Waals surface area contributed by atoms with Crippen LogP contribution in [0.25, 0.3) is 11.0 Å². The summed E-state index contributed by atoms with van der Waals surface area (Å²) < 4.78 is 12.2. The molecular formula is C14H20FN5OS. The van der Waals surface area contributed by atoms with E-state index in [4.69, 9.17) is 5.73 Å². The summed E-state index contributed by atoms with van der Waals surface area (Å²) in [6.45, 7) is 1.84. The Hall–Kier alpha value is -1.38. The van der Waals surface area contributed by atoms with Gasteiger partial charge in [-0.25, -0.2) is 9.97 Å². The molecule has 0 spiro atoms. The maximum atomic E-state index is 12.2. The first kappa shape index (κ1) is 15.5. The van der Waals surface area contributed by atoms with E-state index in [2.05, 4.69) is 19.9 Å². The number of anilines is 1. The third-order valence-corrected chi connectivity index (χ3v) is 5.11. The lowest BCUT2D eigenvalue weighted by Crippen LogP contribution is -2.21. The van der Waals surface area contributed by atoms with Gasteiger partial charge in [0.05, 0.1) is 18.3 Å². The molecule has 2 aromatic rings. The monoisotopic (exact) mass is 325 g/mol. The first-order chi connectivity index (χ1) is 10.7. The fourth-order valence-electron chi connectivity index (χ4n) is 2.90. The van der Waals surface area contributed by atoms with Gasteiger partial charge in [-0.15, -0.1) is 0 Å². The number of nitrogens with zero attached hydrogens (tertiary/aromatic N) is 3. The highest BCUT2D eigenvalue weighted by Gasteiger charge is 2.31. The molecule has 1 fully saturated rings. The van der Waals surface area contributed by atoms with Crippen LogP contribution in [0.3, 0.4) is 0 Å². The number of aliphatic hydroxyl groups is 1. The lowest BCUT2D eigenvalue weighted by atomic mass is 10.1. The number of β-amino-alcohol motifs (C(OH)–C–C–N with tert-alkyl or cyclic N) is 1. The minimum Gasteiger partial charge on any atom is -0.391 e. The van der Waals surface area contributed by atoms with Crippen LogP contribution in [0.1, 0.15) is 5.56 Å². The van der Waals surface area contributed by atoms with E-state index < -0.39 is 0 Å². The molecule has 3 rings (SSSR count). The second-order valence-corrected chi connectivity index (χ2v) is 6.73. The average molecular weight is 325 g/mol. The van der Waals surface area contributed by atoms with E-state index in [0.29, 0.717) is 24.7 Å². The van der Waals surface area contributed by atoms with Crippen molar-refractivity contribution in [1.29, 1.82) is 0 Å². The van der Waals surface area contributed by atoms with Crippen molar-refractivity contribution in [3.8, 4) is 0 Å². The quantitative estimate of drug-likeness (QED) is 0.687. The van der Waals surface area contributed by atoms with Gasteiger partial charge < -0.3 is 15.8 Å². The normalized spacial score (nSPS) is 22.6. The lowest BCUT2D eigenvalue weighted by Gasteiger charge is -2.14. The van der Waals surface area contributed by atoms with Crippen LogP contribution in [0.2, 0.25) is 0 Å². The van der Waals surface area contributed by atoms with E-state index >= 15 is 0 Å². The molecule has 1 aliphatic rings. The number of aromatic nitrogens is 3. The number of aliphatic hydroxyl groups excluding tert-OH is 1. The van der Waals surface area contributed by atoms with Gasteiger partial charge in [-0.05, 0) is 5.75 Å². The fraction of sp³-hybridized carbons (Fsp3) is 0.571. The van der Waals surface area contributed by atoms with E-state index in [1.54, 1.807) is 11.8 Å². The molecule has 0 radical (unpaired) electrons. The van der Waals surface area contributed by atoms with Crippen molar-refractivity contribution < 1.29 is 9.50 Å². The van der Waals surface area contributed by atoms with Crippen molar-refractivity contribution >= 4 is 28.6 Å². The molecule has 1 saturated heterocycles. The highest BCUT2D eigenvalue weighted by Crippen LogP contribution is 2.25. The molecule has 120 valence electrons. The van der Waals surface area contributed by atoms with Crippen molar-refractivity contribution in [2.75, 3.05) is 37.0 Å². The maximum Gasteiger partial charge on any atom is 0.151 e. The summed E-state index contributed by atoms with van der Waals surface area (Å²) in [6, 6.07) is 0. The lowest BCUT2D eigenvalue weighted by molar-refractivity contribution is 0.149. The van der Waals surface area contributed by atoms with E-state index in [-0.39, 0.29) is 18.7 Å². The van der Waals surface area contributed by atoms with Crippen molar-refractivity contribution in [1.82, 2.24) is 19.9 Å². The van der Waals surface area contributed by atoms with E-state index in [0.717, 1.165) is 28.9 Å². The molecular weight excluding hydrogens is 305 g/mol. The van der Waals surface area contributed by atoms with Crippen LogP contribution in [0.5, 0.6) is 0 Å². The highest BCUT2D eigenvalue weighted by molar-refractivity contribution is 7.99. The largest absolute Gasteiger partial charge is 0.391 e. The fourth-order valence-corrected chi connectivity index (χ4v) is 3.80. The zero-order chi connectivity index (χ0) is 15.5. The van der Waals surface area contributed by atoms with Crippen molar-refractivity contribution in [2.24, 2.45) is 5.92 Å². The Balaban J connectivity index is 1.65. The predicted molar refractivity (Wildman–Crippen MR) is 86.4 cm³/mol. The molecule has 0 amide bonds. The van der Waals surface area contributed by atoms with Gasteiger partial charge in [0.25, 0.3) is 0 Å². The van der Waals surface area contributed by atoms with Crippen LogP contribution in [-0.2, 0) is 6.54 Å². The van der Waals surface area contributed by atoms with Crippen LogP contribution >= 0.6 is 11.8 Å². The number of hydrogen-bond donors (Lipinski definition) is 3. The molecule has 0 aromatic carbocycles. The number of rotatable bonds is 6. The Kier molecular flexibility index (Phi) is 4.80. The molecule has 0 saturated carbocycles. The first-order valence-electron chi connectivity index (χ1n) is 7.29. The standard InChI is InChI=1S/C14H20FN5OS/c15-1-2-22-7-10-5-20(6-11(10)21)4-9-3-17-13-12(9)18-8-19-14(13)16/h3,8,10-11,17,21H,1-2,4-7H2,(H2,16,18,19)/t10-,11+/m0/s1. The Bertz CT molecular complexity index is 637.